The van der Waals surface area contributed by atoms with Crippen LogP contribution in [0, 0.1) is 17.8 Å². The standard InChI is InChI=1S/C14H16Cl2N2O/c15-11-5-9(6-12(16)13(11)17)18-14(19)10-4-7-1-2-8(10)3-7/h5-8,10H,1-4,17H2,(H,18,19). The summed E-state index contributed by atoms with van der Waals surface area (Å²) in [5.41, 5.74) is 6.65. The van der Waals surface area contributed by atoms with Crippen molar-refractivity contribution < 1.29 is 4.79 Å². The van der Waals surface area contributed by atoms with Crippen molar-refractivity contribution in [2.24, 2.45) is 17.8 Å². The van der Waals surface area contributed by atoms with Gasteiger partial charge in [-0.1, -0.05) is 29.6 Å². The van der Waals surface area contributed by atoms with Gasteiger partial charge in [0.25, 0.3) is 0 Å². The summed E-state index contributed by atoms with van der Waals surface area (Å²) in [5, 5.41) is 3.66. The second-order valence-corrected chi connectivity index (χ2v) is 6.44. The first-order chi connectivity index (χ1) is 9.04. The quantitative estimate of drug-likeness (QED) is 0.812. The second-order valence-electron chi connectivity index (χ2n) is 5.62. The molecule has 0 aliphatic heterocycles. The van der Waals surface area contributed by atoms with Crippen LogP contribution >= 0.6 is 23.2 Å². The lowest BCUT2D eigenvalue weighted by Crippen LogP contribution is -2.27. The number of hydrogen-bond acceptors (Lipinski definition) is 2. The van der Waals surface area contributed by atoms with Gasteiger partial charge in [0.2, 0.25) is 5.91 Å². The van der Waals surface area contributed by atoms with Crippen LogP contribution in [0.3, 0.4) is 0 Å². The summed E-state index contributed by atoms with van der Waals surface area (Å²) >= 11 is 11.9. The molecule has 3 unspecified atom stereocenters. The largest absolute Gasteiger partial charge is 0.396 e. The maximum Gasteiger partial charge on any atom is 0.227 e. The predicted octanol–water partition coefficient (Wildman–Crippen LogP) is 3.95. The Bertz CT molecular complexity index is 509. The van der Waals surface area contributed by atoms with Crippen LogP contribution in [0.5, 0.6) is 0 Å². The van der Waals surface area contributed by atoms with E-state index in [0.717, 1.165) is 12.3 Å². The van der Waals surface area contributed by atoms with E-state index in [0.29, 0.717) is 27.3 Å². The molecule has 2 aliphatic rings. The maximum absolute atomic E-state index is 12.3. The molecule has 2 fully saturated rings. The summed E-state index contributed by atoms with van der Waals surface area (Å²) in [4.78, 5) is 12.3. The third-order valence-electron chi connectivity index (χ3n) is 4.42. The number of halogens is 2. The molecule has 2 aliphatic carbocycles. The predicted molar refractivity (Wildman–Crippen MR) is 78.4 cm³/mol. The fourth-order valence-electron chi connectivity index (χ4n) is 3.46. The average molecular weight is 299 g/mol. The van der Waals surface area contributed by atoms with Gasteiger partial charge in [-0.2, -0.15) is 0 Å². The average Bonchev–Trinajstić information content (AvgIpc) is 2.98. The molecule has 3 N–H and O–H groups in total. The molecule has 0 spiro atoms. The zero-order valence-corrected chi connectivity index (χ0v) is 12.0. The number of nitrogens with two attached hydrogens (primary N) is 1. The van der Waals surface area contributed by atoms with E-state index in [2.05, 4.69) is 5.32 Å². The van der Waals surface area contributed by atoms with E-state index in [1.165, 1.54) is 19.3 Å². The van der Waals surface area contributed by atoms with Crippen molar-refractivity contribution in [2.45, 2.75) is 25.7 Å². The van der Waals surface area contributed by atoms with Crippen molar-refractivity contribution in [3.8, 4) is 0 Å². The third kappa shape index (κ3) is 2.41. The van der Waals surface area contributed by atoms with Gasteiger partial charge < -0.3 is 11.1 Å². The second kappa shape index (κ2) is 4.88. The van der Waals surface area contributed by atoms with Crippen molar-refractivity contribution in [1.82, 2.24) is 0 Å². The Kier molecular flexibility index (Phi) is 3.35. The fourth-order valence-corrected chi connectivity index (χ4v) is 3.94. The minimum atomic E-state index is 0.0871. The highest BCUT2D eigenvalue weighted by atomic mass is 35.5. The fraction of sp³-hybridized carbons (Fsp3) is 0.500. The van der Waals surface area contributed by atoms with Crippen LogP contribution < -0.4 is 11.1 Å². The Labute approximate surface area is 122 Å². The Morgan fingerprint density at radius 2 is 1.89 bits per heavy atom. The van der Waals surface area contributed by atoms with Gasteiger partial charge in [-0.05, 0) is 43.2 Å². The summed E-state index contributed by atoms with van der Waals surface area (Å²) in [6.07, 6.45) is 4.70. The molecular weight excluding hydrogens is 283 g/mol. The van der Waals surface area contributed by atoms with E-state index in [4.69, 9.17) is 28.9 Å². The number of carbonyl (C=O) groups is 1. The minimum Gasteiger partial charge on any atom is -0.396 e. The van der Waals surface area contributed by atoms with Crippen molar-refractivity contribution in [3.05, 3.63) is 22.2 Å². The molecule has 102 valence electrons. The smallest absolute Gasteiger partial charge is 0.227 e. The Hall–Kier alpha value is -0.930. The van der Waals surface area contributed by atoms with Gasteiger partial charge in [-0.15, -0.1) is 0 Å². The SMILES string of the molecule is Nc1c(Cl)cc(NC(=O)C2CC3CCC2C3)cc1Cl. The Morgan fingerprint density at radius 3 is 2.42 bits per heavy atom. The summed E-state index contributed by atoms with van der Waals surface area (Å²) < 4.78 is 0. The van der Waals surface area contributed by atoms with Gasteiger partial charge in [-0.25, -0.2) is 0 Å². The third-order valence-corrected chi connectivity index (χ3v) is 5.05. The van der Waals surface area contributed by atoms with Gasteiger partial charge in [0, 0.05) is 11.6 Å². The van der Waals surface area contributed by atoms with Gasteiger partial charge in [0.1, 0.15) is 0 Å². The van der Waals surface area contributed by atoms with E-state index in [9.17, 15) is 4.79 Å². The monoisotopic (exact) mass is 298 g/mol. The first kappa shape index (κ1) is 13.1. The van der Waals surface area contributed by atoms with E-state index in [-0.39, 0.29) is 11.8 Å². The molecule has 0 heterocycles. The lowest BCUT2D eigenvalue weighted by Gasteiger charge is -2.21. The van der Waals surface area contributed by atoms with Crippen molar-refractivity contribution >= 4 is 40.5 Å². The number of fused-ring (bicyclic) bond motifs is 2. The number of anilines is 2. The van der Waals surface area contributed by atoms with Crippen LogP contribution in [0.2, 0.25) is 10.0 Å². The summed E-state index contributed by atoms with van der Waals surface area (Å²) in [6, 6.07) is 3.29. The highest BCUT2D eigenvalue weighted by Crippen LogP contribution is 2.48. The molecule has 19 heavy (non-hydrogen) atoms. The number of benzene rings is 1. The van der Waals surface area contributed by atoms with E-state index in [1.807, 2.05) is 0 Å². The number of rotatable bonds is 2. The highest BCUT2D eigenvalue weighted by molar-refractivity contribution is 6.39. The van der Waals surface area contributed by atoms with Crippen LogP contribution in [0.1, 0.15) is 25.7 Å². The van der Waals surface area contributed by atoms with Gasteiger partial charge in [-0.3, -0.25) is 4.79 Å². The number of nitrogen functional groups attached to an aromatic ring is 1. The lowest BCUT2D eigenvalue weighted by atomic mass is 9.88. The Balaban J connectivity index is 1.73. The van der Waals surface area contributed by atoms with Gasteiger partial charge in [0.05, 0.1) is 15.7 Å². The molecule has 3 rings (SSSR count). The normalized spacial score (nSPS) is 28.6. The molecule has 1 amide bonds. The molecule has 2 saturated carbocycles. The number of nitrogens with one attached hydrogen (secondary N) is 1. The zero-order chi connectivity index (χ0) is 13.6. The van der Waals surface area contributed by atoms with E-state index in [1.54, 1.807) is 12.1 Å². The van der Waals surface area contributed by atoms with E-state index < -0.39 is 0 Å². The first-order valence-corrected chi connectivity index (χ1v) is 7.35. The molecule has 0 radical (unpaired) electrons. The zero-order valence-electron chi connectivity index (χ0n) is 10.5. The maximum atomic E-state index is 12.3. The van der Waals surface area contributed by atoms with Crippen molar-refractivity contribution in [3.63, 3.8) is 0 Å². The highest BCUT2D eigenvalue weighted by Gasteiger charge is 2.43. The minimum absolute atomic E-state index is 0.0871. The molecule has 0 aromatic heterocycles. The molecular formula is C14H16Cl2N2O. The summed E-state index contributed by atoms with van der Waals surface area (Å²) in [5.74, 6) is 1.54. The van der Waals surface area contributed by atoms with Crippen LogP contribution in [0.15, 0.2) is 12.1 Å². The van der Waals surface area contributed by atoms with Crippen LogP contribution in [0.25, 0.3) is 0 Å². The molecule has 3 nitrogen and oxygen atoms in total. The first-order valence-electron chi connectivity index (χ1n) is 6.60. The molecule has 1 aromatic rings. The molecule has 0 saturated heterocycles. The van der Waals surface area contributed by atoms with Crippen molar-refractivity contribution in [2.75, 3.05) is 11.1 Å². The number of hydrogen-bond donors (Lipinski definition) is 2. The van der Waals surface area contributed by atoms with Crippen LogP contribution in [-0.4, -0.2) is 5.91 Å². The van der Waals surface area contributed by atoms with Gasteiger partial charge in [0.15, 0.2) is 0 Å². The molecule has 5 heteroatoms. The Morgan fingerprint density at radius 1 is 1.21 bits per heavy atom. The molecule has 1 aromatic carbocycles. The summed E-state index contributed by atoms with van der Waals surface area (Å²) in [6.45, 7) is 0. The van der Waals surface area contributed by atoms with Crippen LogP contribution in [-0.2, 0) is 4.79 Å². The lowest BCUT2D eigenvalue weighted by molar-refractivity contribution is -0.121. The number of carbonyl (C=O) groups excluding carboxylic acids is 1. The van der Waals surface area contributed by atoms with E-state index >= 15 is 0 Å². The summed E-state index contributed by atoms with van der Waals surface area (Å²) in [7, 11) is 0. The number of amides is 1. The van der Waals surface area contributed by atoms with Crippen LogP contribution in [0.4, 0.5) is 11.4 Å². The van der Waals surface area contributed by atoms with Crippen molar-refractivity contribution in [1.29, 1.82) is 0 Å². The molecule has 2 bridgehead atoms. The topological polar surface area (TPSA) is 55.1 Å². The van der Waals surface area contributed by atoms with Gasteiger partial charge >= 0.3 is 0 Å². The molecule has 3 atom stereocenters.